The number of rotatable bonds is 5. The van der Waals surface area contributed by atoms with Crippen LogP contribution in [0, 0.1) is 12.3 Å². The van der Waals surface area contributed by atoms with Gasteiger partial charge in [-0.05, 0) is 43.7 Å². The Bertz CT molecular complexity index is 471. The molecule has 1 aromatic rings. The van der Waals surface area contributed by atoms with Gasteiger partial charge in [-0.25, -0.2) is 0 Å². The molecule has 1 unspecified atom stereocenters. The molecule has 2 aliphatic rings. The first-order valence-electron chi connectivity index (χ1n) is 8.50. The Hall–Kier alpha value is -0.860. The van der Waals surface area contributed by atoms with Crippen molar-refractivity contribution >= 4 is 11.3 Å². The van der Waals surface area contributed by atoms with E-state index >= 15 is 0 Å². The fourth-order valence-electron chi connectivity index (χ4n) is 3.68. The normalized spacial score (nSPS) is 25.1. The number of thiophene rings is 1. The zero-order chi connectivity index (χ0) is 15.2. The molecule has 0 bridgehead atoms. The first kappa shape index (κ1) is 16.0. The van der Waals surface area contributed by atoms with E-state index in [0.717, 1.165) is 26.2 Å². The highest BCUT2D eigenvalue weighted by atomic mass is 32.1. The molecule has 4 heteroatoms. The van der Waals surface area contributed by atoms with Crippen molar-refractivity contribution in [2.75, 3.05) is 32.7 Å². The third kappa shape index (κ3) is 4.57. The van der Waals surface area contributed by atoms with Gasteiger partial charge in [0, 0.05) is 43.1 Å². The van der Waals surface area contributed by atoms with Crippen molar-refractivity contribution < 1.29 is 0 Å². The maximum absolute atomic E-state index is 5.40. The molecule has 1 aromatic heterocycles. The lowest BCUT2D eigenvalue weighted by molar-refractivity contribution is 0.155. The van der Waals surface area contributed by atoms with E-state index in [9.17, 15) is 0 Å². The van der Waals surface area contributed by atoms with Gasteiger partial charge in [0.1, 0.15) is 0 Å². The average molecular weight is 318 g/mol. The third-order valence-electron chi connectivity index (χ3n) is 4.84. The zero-order valence-corrected chi connectivity index (χ0v) is 14.2. The molecule has 1 atom stereocenters. The van der Waals surface area contributed by atoms with E-state index in [-0.39, 0.29) is 0 Å². The van der Waals surface area contributed by atoms with Crippen LogP contribution in [0.2, 0.25) is 0 Å². The molecule has 2 saturated heterocycles. The lowest BCUT2D eigenvalue weighted by Crippen LogP contribution is -2.51. The van der Waals surface area contributed by atoms with Crippen molar-refractivity contribution in [2.24, 2.45) is 0 Å². The Balaban J connectivity index is 1.42. The van der Waals surface area contributed by atoms with Crippen LogP contribution < -0.4 is 5.32 Å². The summed E-state index contributed by atoms with van der Waals surface area (Å²) in [5, 5.41) is 6.09. The molecular formula is C18H27N3S. The van der Waals surface area contributed by atoms with Crippen molar-refractivity contribution in [2.45, 2.75) is 44.3 Å². The van der Waals surface area contributed by atoms with E-state index < -0.39 is 0 Å². The number of hydrogen-bond acceptors (Lipinski definition) is 4. The molecule has 120 valence electrons. The summed E-state index contributed by atoms with van der Waals surface area (Å²) in [5.74, 6) is 2.76. The molecule has 0 aliphatic carbocycles. The van der Waals surface area contributed by atoms with Crippen molar-refractivity contribution in [3.05, 3.63) is 22.4 Å². The molecule has 0 spiro atoms. The molecule has 22 heavy (non-hydrogen) atoms. The van der Waals surface area contributed by atoms with Crippen LogP contribution in [0.1, 0.15) is 30.6 Å². The first-order valence-corrected chi connectivity index (χ1v) is 9.38. The van der Waals surface area contributed by atoms with Gasteiger partial charge in [0.2, 0.25) is 0 Å². The standard InChI is InChI=1S/C18H27N3S/c1-2-9-20-11-7-16(8-12-20)19-17-5-3-10-21(14-17)15-18-6-4-13-22-18/h1,4,6,13,16-17,19H,3,5,7-12,14-15H2. The topological polar surface area (TPSA) is 18.5 Å². The van der Waals surface area contributed by atoms with E-state index in [1.807, 2.05) is 11.3 Å². The molecule has 2 aliphatic heterocycles. The van der Waals surface area contributed by atoms with E-state index in [1.54, 1.807) is 0 Å². The minimum atomic E-state index is 0.665. The lowest BCUT2D eigenvalue weighted by atomic mass is 10.00. The maximum Gasteiger partial charge on any atom is 0.0598 e. The minimum Gasteiger partial charge on any atom is -0.310 e. The maximum atomic E-state index is 5.40. The number of likely N-dealkylation sites (tertiary alicyclic amines) is 2. The summed E-state index contributed by atoms with van der Waals surface area (Å²) >= 11 is 1.87. The SMILES string of the molecule is C#CCN1CCC(NC2CCCN(Cc3cccs3)C2)CC1. The Morgan fingerprint density at radius 3 is 2.77 bits per heavy atom. The fourth-order valence-corrected chi connectivity index (χ4v) is 4.42. The summed E-state index contributed by atoms with van der Waals surface area (Å²) in [4.78, 5) is 6.49. The van der Waals surface area contributed by atoms with Crippen molar-refractivity contribution in [1.82, 2.24) is 15.1 Å². The molecule has 3 rings (SSSR count). The van der Waals surface area contributed by atoms with Gasteiger partial charge in [-0.3, -0.25) is 9.80 Å². The highest BCUT2D eigenvalue weighted by Gasteiger charge is 2.25. The zero-order valence-electron chi connectivity index (χ0n) is 13.3. The highest BCUT2D eigenvalue weighted by molar-refractivity contribution is 7.09. The summed E-state index contributed by atoms with van der Waals surface area (Å²) in [6, 6.07) is 5.76. The van der Waals surface area contributed by atoms with Crippen LogP contribution in [0.25, 0.3) is 0 Å². The first-order chi connectivity index (χ1) is 10.8. The van der Waals surface area contributed by atoms with Crippen LogP contribution in [-0.4, -0.2) is 54.6 Å². The molecule has 2 fully saturated rings. The van der Waals surface area contributed by atoms with Crippen LogP contribution in [-0.2, 0) is 6.54 Å². The van der Waals surface area contributed by atoms with Gasteiger partial charge in [-0.15, -0.1) is 17.8 Å². The van der Waals surface area contributed by atoms with E-state index in [1.165, 1.54) is 43.6 Å². The number of nitrogens with zero attached hydrogens (tertiary/aromatic N) is 2. The number of hydrogen-bond donors (Lipinski definition) is 1. The van der Waals surface area contributed by atoms with Crippen LogP contribution in [0.5, 0.6) is 0 Å². The second-order valence-electron chi connectivity index (χ2n) is 6.57. The summed E-state index contributed by atoms with van der Waals surface area (Å²) in [6.45, 7) is 6.67. The van der Waals surface area contributed by atoms with Crippen LogP contribution in [0.15, 0.2) is 17.5 Å². The molecule has 0 aromatic carbocycles. The molecule has 0 saturated carbocycles. The average Bonchev–Trinajstić information content (AvgIpc) is 3.03. The summed E-state index contributed by atoms with van der Waals surface area (Å²) in [6.07, 6.45) is 10.5. The van der Waals surface area contributed by atoms with Gasteiger partial charge in [0.25, 0.3) is 0 Å². The lowest BCUT2D eigenvalue weighted by Gasteiger charge is -2.38. The molecule has 3 heterocycles. The number of nitrogens with one attached hydrogen (secondary N) is 1. The monoisotopic (exact) mass is 317 g/mol. The Morgan fingerprint density at radius 2 is 2.05 bits per heavy atom. The minimum absolute atomic E-state index is 0.665. The van der Waals surface area contributed by atoms with Crippen LogP contribution in [0.4, 0.5) is 0 Å². The Kier molecular flexibility index (Phi) is 5.91. The predicted octanol–water partition coefficient (Wildman–Crippen LogP) is 2.40. The van der Waals surface area contributed by atoms with Crippen molar-refractivity contribution in [3.63, 3.8) is 0 Å². The van der Waals surface area contributed by atoms with Gasteiger partial charge >= 0.3 is 0 Å². The molecule has 0 amide bonds. The predicted molar refractivity (Wildman–Crippen MR) is 94.0 cm³/mol. The van der Waals surface area contributed by atoms with Gasteiger partial charge in [0.05, 0.1) is 6.54 Å². The van der Waals surface area contributed by atoms with Gasteiger partial charge < -0.3 is 5.32 Å². The Labute approximate surface area is 138 Å². The van der Waals surface area contributed by atoms with E-state index in [4.69, 9.17) is 6.42 Å². The summed E-state index contributed by atoms with van der Waals surface area (Å²) in [5.41, 5.74) is 0. The molecule has 1 N–H and O–H groups in total. The Morgan fingerprint density at radius 1 is 1.18 bits per heavy atom. The van der Waals surface area contributed by atoms with Crippen LogP contribution >= 0.6 is 11.3 Å². The van der Waals surface area contributed by atoms with Gasteiger partial charge in [0.15, 0.2) is 0 Å². The highest BCUT2D eigenvalue weighted by Crippen LogP contribution is 2.18. The fraction of sp³-hybridized carbons (Fsp3) is 0.667. The molecular weight excluding hydrogens is 290 g/mol. The van der Waals surface area contributed by atoms with Gasteiger partial charge in [-0.1, -0.05) is 12.0 Å². The van der Waals surface area contributed by atoms with Crippen molar-refractivity contribution in [1.29, 1.82) is 0 Å². The van der Waals surface area contributed by atoms with Gasteiger partial charge in [-0.2, -0.15) is 0 Å². The summed E-state index contributed by atoms with van der Waals surface area (Å²) < 4.78 is 0. The largest absolute Gasteiger partial charge is 0.310 e. The summed E-state index contributed by atoms with van der Waals surface area (Å²) in [7, 11) is 0. The second kappa shape index (κ2) is 8.12. The quantitative estimate of drug-likeness (QED) is 0.841. The van der Waals surface area contributed by atoms with E-state index in [0.29, 0.717) is 12.1 Å². The molecule has 3 nitrogen and oxygen atoms in total. The smallest absolute Gasteiger partial charge is 0.0598 e. The van der Waals surface area contributed by atoms with Crippen LogP contribution in [0.3, 0.4) is 0 Å². The number of piperidine rings is 2. The number of terminal acetylenes is 1. The second-order valence-corrected chi connectivity index (χ2v) is 7.61. The van der Waals surface area contributed by atoms with E-state index in [2.05, 4.69) is 38.5 Å². The van der Waals surface area contributed by atoms with Crippen molar-refractivity contribution in [3.8, 4) is 12.3 Å². The third-order valence-corrected chi connectivity index (χ3v) is 5.70. The molecule has 0 radical (unpaired) electrons.